The van der Waals surface area contributed by atoms with Gasteiger partial charge in [-0.1, -0.05) is 25.5 Å². The zero-order chi connectivity index (χ0) is 21.9. The summed E-state index contributed by atoms with van der Waals surface area (Å²) in [5.74, 6) is -0.344. The van der Waals surface area contributed by atoms with E-state index in [1.165, 1.54) is 18.4 Å². The second kappa shape index (κ2) is 11.5. The Labute approximate surface area is 182 Å². The van der Waals surface area contributed by atoms with E-state index >= 15 is 0 Å². The lowest BCUT2D eigenvalue weighted by Crippen LogP contribution is -2.03. The molecule has 0 atom stereocenters. The van der Waals surface area contributed by atoms with Crippen molar-refractivity contribution in [3.8, 4) is 0 Å². The lowest BCUT2D eigenvalue weighted by Gasteiger charge is -2.01. The first-order valence-electron chi connectivity index (χ1n) is 10.5. The van der Waals surface area contributed by atoms with Crippen LogP contribution in [-0.4, -0.2) is 12.6 Å². The molecule has 6 heteroatoms. The zero-order valence-corrected chi connectivity index (χ0v) is 17.9. The van der Waals surface area contributed by atoms with Crippen molar-refractivity contribution in [1.82, 2.24) is 0 Å². The molecule has 3 rings (SSSR count). The second-order valence-electron chi connectivity index (χ2n) is 6.95. The van der Waals surface area contributed by atoms with Gasteiger partial charge in [-0.15, -0.1) is 0 Å². The molecule has 0 N–H and O–H groups in total. The van der Waals surface area contributed by atoms with Gasteiger partial charge >= 0.3 is 5.97 Å². The molecule has 0 amide bonds. The van der Waals surface area contributed by atoms with Crippen LogP contribution in [0.1, 0.15) is 42.6 Å². The molecule has 0 aliphatic carbocycles. The highest BCUT2D eigenvalue weighted by Crippen LogP contribution is 2.24. The number of carbonyl (C=O) groups excluding carboxylic acids is 1. The Bertz CT molecular complexity index is 1020. The highest BCUT2D eigenvalue weighted by molar-refractivity contribution is 5.89. The van der Waals surface area contributed by atoms with Gasteiger partial charge < -0.3 is 4.74 Å². The minimum Gasteiger partial charge on any atom is -0.462 e. The minimum absolute atomic E-state index is 0.344. The zero-order valence-electron chi connectivity index (χ0n) is 17.9. The molecule has 0 aliphatic rings. The van der Waals surface area contributed by atoms with Gasteiger partial charge in [0, 0.05) is 0 Å². The van der Waals surface area contributed by atoms with Crippen LogP contribution < -0.4 is 0 Å². The molecule has 3 aromatic rings. The number of rotatable bonds is 9. The molecule has 0 heterocycles. The third-order valence-electron chi connectivity index (χ3n) is 4.55. The van der Waals surface area contributed by atoms with Crippen LogP contribution >= 0.6 is 0 Å². The smallest absolute Gasteiger partial charge is 0.338 e. The number of hydrogen-bond acceptors (Lipinski definition) is 6. The summed E-state index contributed by atoms with van der Waals surface area (Å²) in [5, 5.41) is 17.0. The third-order valence-corrected chi connectivity index (χ3v) is 4.55. The fraction of sp³-hybridized carbons (Fsp3) is 0.240. The Kier molecular flexibility index (Phi) is 8.17. The molecular weight excluding hydrogens is 388 g/mol. The normalized spacial score (nSPS) is 11.3. The van der Waals surface area contributed by atoms with Gasteiger partial charge in [0.15, 0.2) is 0 Å². The number of benzene rings is 3. The van der Waals surface area contributed by atoms with Crippen molar-refractivity contribution >= 4 is 28.7 Å². The monoisotopic (exact) mass is 414 g/mol. The van der Waals surface area contributed by atoms with Crippen LogP contribution in [0.3, 0.4) is 0 Å². The SMILES string of the molecule is CCCCc1ccc(N=Nc2ccc(N=Nc3ccc(C(=O)OCC)cc3)cc2)cc1. The maximum atomic E-state index is 11.7. The standard InChI is InChI=1S/C25H26N4O2/c1-3-5-6-19-7-11-21(12-8-19)26-28-23-15-17-24(18-16-23)29-27-22-13-9-20(10-14-22)25(30)31-4-2/h7-18H,3-6H2,1-2H3. The van der Waals surface area contributed by atoms with Crippen molar-refractivity contribution in [3.63, 3.8) is 0 Å². The van der Waals surface area contributed by atoms with Crippen molar-refractivity contribution in [3.05, 3.63) is 83.9 Å². The average molecular weight is 415 g/mol. The molecule has 0 radical (unpaired) electrons. The number of esters is 1. The molecule has 0 saturated carbocycles. The fourth-order valence-electron chi connectivity index (χ4n) is 2.81. The summed E-state index contributed by atoms with van der Waals surface area (Å²) in [5.41, 5.74) is 4.74. The summed E-state index contributed by atoms with van der Waals surface area (Å²) in [6.07, 6.45) is 3.49. The van der Waals surface area contributed by atoms with Gasteiger partial charge in [0.25, 0.3) is 0 Å². The molecule has 3 aromatic carbocycles. The van der Waals surface area contributed by atoms with Crippen LogP contribution in [0.5, 0.6) is 0 Å². The van der Waals surface area contributed by atoms with Gasteiger partial charge in [-0.2, -0.15) is 20.5 Å². The van der Waals surface area contributed by atoms with Crippen LogP contribution in [0.25, 0.3) is 0 Å². The van der Waals surface area contributed by atoms with E-state index in [9.17, 15) is 4.79 Å². The molecular formula is C25H26N4O2. The molecule has 0 fully saturated rings. The first kappa shape index (κ1) is 22.0. The van der Waals surface area contributed by atoms with Gasteiger partial charge in [-0.05, 0) is 86.0 Å². The molecule has 31 heavy (non-hydrogen) atoms. The van der Waals surface area contributed by atoms with E-state index < -0.39 is 0 Å². The first-order chi connectivity index (χ1) is 15.2. The topological polar surface area (TPSA) is 75.7 Å². The first-order valence-corrected chi connectivity index (χ1v) is 10.5. The van der Waals surface area contributed by atoms with Crippen LogP contribution in [-0.2, 0) is 11.2 Å². The van der Waals surface area contributed by atoms with E-state index in [0.717, 1.165) is 17.8 Å². The Morgan fingerprint density at radius 3 is 1.52 bits per heavy atom. The van der Waals surface area contributed by atoms with E-state index in [1.807, 2.05) is 36.4 Å². The van der Waals surface area contributed by atoms with E-state index in [4.69, 9.17) is 4.74 Å². The number of hydrogen-bond donors (Lipinski definition) is 0. The van der Waals surface area contributed by atoms with Crippen LogP contribution in [0, 0.1) is 0 Å². The molecule has 6 nitrogen and oxygen atoms in total. The minimum atomic E-state index is -0.344. The van der Waals surface area contributed by atoms with Crippen molar-refractivity contribution in [2.45, 2.75) is 33.1 Å². The number of azo groups is 2. The lowest BCUT2D eigenvalue weighted by atomic mass is 10.1. The largest absolute Gasteiger partial charge is 0.462 e. The highest BCUT2D eigenvalue weighted by Gasteiger charge is 2.05. The van der Waals surface area contributed by atoms with E-state index in [2.05, 4.69) is 39.5 Å². The fourth-order valence-corrected chi connectivity index (χ4v) is 2.81. The number of aryl methyl sites for hydroxylation is 1. The summed E-state index contributed by atoms with van der Waals surface area (Å²) in [6, 6.07) is 22.3. The predicted octanol–water partition coefficient (Wildman–Crippen LogP) is 8.04. The summed E-state index contributed by atoms with van der Waals surface area (Å²) in [4.78, 5) is 11.7. The molecule has 0 aliphatic heterocycles. The van der Waals surface area contributed by atoms with Crippen molar-refractivity contribution < 1.29 is 9.53 Å². The number of ether oxygens (including phenoxy) is 1. The van der Waals surface area contributed by atoms with Crippen molar-refractivity contribution in [1.29, 1.82) is 0 Å². The number of nitrogens with zero attached hydrogens (tertiary/aromatic N) is 4. The van der Waals surface area contributed by atoms with Gasteiger partial charge in [-0.25, -0.2) is 4.79 Å². The third kappa shape index (κ3) is 6.96. The molecule has 0 spiro atoms. The molecule has 0 unspecified atom stereocenters. The summed E-state index contributed by atoms with van der Waals surface area (Å²) < 4.78 is 4.97. The summed E-state index contributed by atoms with van der Waals surface area (Å²) in [7, 11) is 0. The predicted molar refractivity (Wildman–Crippen MR) is 122 cm³/mol. The maximum Gasteiger partial charge on any atom is 0.338 e. The Morgan fingerprint density at radius 2 is 1.10 bits per heavy atom. The molecule has 0 aromatic heterocycles. The summed E-state index contributed by atoms with van der Waals surface area (Å²) >= 11 is 0. The van der Waals surface area contributed by atoms with Crippen molar-refractivity contribution in [2.24, 2.45) is 20.5 Å². The number of unbranched alkanes of at least 4 members (excludes halogenated alkanes) is 1. The van der Waals surface area contributed by atoms with Gasteiger partial charge in [0.2, 0.25) is 0 Å². The Balaban J connectivity index is 1.57. The lowest BCUT2D eigenvalue weighted by molar-refractivity contribution is 0.0526. The molecule has 0 saturated heterocycles. The van der Waals surface area contributed by atoms with Gasteiger partial charge in [-0.3, -0.25) is 0 Å². The quantitative estimate of drug-likeness (QED) is 0.262. The average Bonchev–Trinajstić information content (AvgIpc) is 2.82. The Hall–Kier alpha value is -3.67. The van der Waals surface area contributed by atoms with Crippen LogP contribution in [0.4, 0.5) is 22.7 Å². The number of carbonyl (C=O) groups is 1. The molecule has 158 valence electrons. The van der Waals surface area contributed by atoms with Crippen molar-refractivity contribution in [2.75, 3.05) is 6.61 Å². The van der Waals surface area contributed by atoms with Crippen LogP contribution in [0.15, 0.2) is 93.3 Å². The Morgan fingerprint density at radius 1 is 0.677 bits per heavy atom. The van der Waals surface area contributed by atoms with Gasteiger partial charge in [0.1, 0.15) is 0 Å². The van der Waals surface area contributed by atoms with E-state index in [-0.39, 0.29) is 5.97 Å². The summed E-state index contributed by atoms with van der Waals surface area (Å²) in [6.45, 7) is 4.32. The van der Waals surface area contributed by atoms with Crippen LogP contribution in [0.2, 0.25) is 0 Å². The second-order valence-corrected chi connectivity index (χ2v) is 6.95. The highest BCUT2D eigenvalue weighted by atomic mass is 16.5. The van der Waals surface area contributed by atoms with Gasteiger partial charge in [0.05, 0.1) is 34.9 Å². The maximum absolute atomic E-state index is 11.7. The van der Waals surface area contributed by atoms with E-state index in [0.29, 0.717) is 23.5 Å². The van der Waals surface area contributed by atoms with E-state index in [1.54, 1.807) is 31.2 Å². The molecule has 0 bridgehead atoms.